The Morgan fingerprint density at radius 3 is 2.53 bits per heavy atom. The van der Waals surface area contributed by atoms with Crippen molar-refractivity contribution in [2.75, 3.05) is 6.54 Å². The maximum absolute atomic E-state index is 4.61. The van der Waals surface area contributed by atoms with Gasteiger partial charge < -0.3 is 5.32 Å². The Kier molecular flexibility index (Phi) is 7.14. The van der Waals surface area contributed by atoms with Crippen LogP contribution in [0, 0.1) is 5.92 Å². The molecule has 0 aliphatic carbocycles. The van der Waals surface area contributed by atoms with Gasteiger partial charge in [-0.05, 0) is 58.1 Å². The Hall–Kier alpha value is -0.830. The van der Waals surface area contributed by atoms with Crippen molar-refractivity contribution in [2.24, 2.45) is 5.92 Å². The fourth-order valence-corrected chi connectivity index (χ4v) is 2.30. The van der Waals surface area contributed by atoms with E-state index in [1.807, 2.05) is 4.68 Å². The molecule has 1 N–H and O–H groups in total. The summed E-state index contributed by atoms with van der Waals surface area (Å²) in [5, 5.41) is 8.26. The zero-order chi connectivity index (χ0) is 14.3. The lowest BCUT2D eigenvalue weighted by Crippen LogP contribution is -2.34. The normalized spacial score (nSPS) is 13.4. The molecular formula is C16H31N3. The van der Waals surface area contributed by atoms with Gasteiger partial charge in [0, 0.05) is 18.3 Å². The second-order valence-electron chi connectivity index (χ2n) is 6.08. The predicted molar refractivity (Wildman–Crippen MR) is 82.5 cm³/mol. The summed E-state index contributed by atoms with van der Waals surface area (Å²) in [6.07, 6.45) is 6.86. The van der Waals surface area contributed by atoms with Crippen LogP contribution in [0.15, 0.2) is 12.3 Å². The number of aryl methyl sites for hydroxylation is 1. The number of hydrogen-bond acceptors (Lipinski definition) is 2. The van der Waals surface area contributed by atoms with E-state index in [1.165, 1.54) is 25.0 Å². The lowest BCUT2D eigenvalue weighted by atomic mass is 9.98. The average molecular weight is 265 g/mol. The number of rotatable bonds is 9. The molecule has 1 aromatic heterocycles. The van der Waals surface area contributed by atoms with E-state index in [-0.39, 0.29) is 0 Å². The smallest absolute Gasteiger partial charge is 0.0624 e. The molecule has 3 nitrogen and oxygen atoms in total. The SMILES string of the molecule is CCCNC(CCCc1ccn(C(C)C)n1)C(C)C. The van der Waals surface area contributed by atoms with E-state index in [4.69, 9.17) is 0 Å². The van der Waals surface area contributed by atoms with Crippen molar-refractivity contribution in [1.29, 1.82) is 0 Å². The van der Waals surface area contributed by atoms with E-state index >= 15 is 0 Å². The zero-order valence-corrected chi connectivity index (χ0v) is 13.3. The number of aromatic nitrogens is 2. The molecule has 1 heterocycles. The first-order valence-electron chi connectivity index (χ1n) is 7.82. The summed E-state index contributed by atoms with van der Waals surface area (Å²) in [4.78, 5) is 0. The quantitative estimate of drug-likeness (QED) is 0.736. The molecule has 0 spiro atoms. The van der Waals surface area contributed by atoms with Gasteiger partial charge in [-0.25, -0.2) is 0 Å². The third-order valence-corrected chi connectivity index (χ3v) is 3.60. The first kappa shape index (κ1) is 16.2. The Morgan fingerprint density at radius 2 is 2.00 bits per heavy atom. The van der Waals surface area contributed by atoms with Gasteiger partial charge in [0.2, 0.25) is 0 Å². The zero-order valence-electron chi connectivity index (χ0n) is 13.3. The number of nitrogens with zero attached hydrogens (tertiary/aromatic N) is 2. The van der Waals surface area contributed by atoms with Crippen LogP contribution in [0.3, 0.4) is 0 Å². The summed E-state index contributed by atoms with van der Waals surface area (Å²) in [6, 6.07) is 3.26. The highest BCUT2D eigenvalue weighted by Crippen LogP contribution is 2.12. The lowest BCUT2D eigenvalue weighted by molar-refractivity contribution is 0.369. The fraction of sp³-hybridized carbons (Fsp3) is 0.812. The van der Waals surface area contributed by atoms with Crippen LogP contribution in [0.2, 0.25) is 0 Å². The molecule has 0 aromatic carbocycles. The van der Waals surface area contributed by atoms with Gasteiger partial charge in [0.05, 0.1) is 5.69 Å². The van der Waals surface area contributed by atoms with E-state index in [0.717, 1.165) is 13.0 Å². The lowest BCUT2D eigenvalue weighted by Gasteiger charge is -2.22. The molecule has 110 valence electrons. The monoisotopic (exact) mass is 265 g/mol. The molecule has 0 aliphatic rings. The summed E-state index contributed by atoms with van der Waals surface area (Å²) >= 11 is 0. The van der Waals surface area contributed by atoms with Crippen LogP contribution < -0.4 is 5.32 Å². The molecule has 0 amide bonds. The molecule has 19 heavy (non-hydrogen) atoms. The van der Waals surface area contributed by atoms with Crippen LogP contribution in [0.4, 0.5) is 0 Å². The van der Waals surface area contributed by atoms with Gasteiger partial charge in [0.1, 0.15) is 0 Å². The molecule has 1 unspecified atom stereocenters. The molecule has 3 heteroatoms. The highest BCUT2D eigenvalue weighted by atomic mass is 15.3. The minimum Gasteiger partial charge on any atom is -0.314 e. The van der Waals surface area contributed by atoms with Gasteiger partial charge in [-0.15, -0.1) is 0 Å². The predicted octanol–water partition coefficient (Wildman–Crippen LogP) is 3.81. The first-order valence-corrected chi connectivity index (χ1v) is 7.82. The first-order chi connectivity index (χ1) is 9.04. The molecule has 0 bridgehead atoms. The third-order valence-electron chi connectivity index (χ3n) is 3.60. The highest BCUT2D eigenvalue weighted by molar-refractivity contribution is 4.99. The maximum atomic E-state index is 4.61. The second kappa shape index (κ2) is 8.36. The minimum atomic E-state index is 0.461. The summed E-state index contributed by atoms with van der Waals surface area (Å²) in [5.41, 5.74) is 1.23. The van der Waals surface area contributed by atoms with Gasteiger partial charge >= 0.3 is 0 Å². The molecule has 0 saturated heterocycles. The van der Waals surface area contributed by atoms with Crippen molar-refractivity contribution in [2.45, 2.75) is 72.4 Å². The average Bonchev–Trinajstić information content (AvgIpc) is 2.82. The van der Waals surface area contributed by atoms with Gasteiger partial charge in [0.15, 0.2) is 0 Å². The van der Waals surface area contributed by atoms with E-state index in [0.29, 0.717) is 18.0 Å². The molecule has 0 saturated carbocycles. The molecule has 1 rings (SSSR count). The van der Waals surface area contributed by atoms with Gasteiger partial charge in [-0.2, -0.15) is 5.10 Å². The third kappa shape index (κ3) is 5.77. The minimum absolute atomic E-state index is 0.461. The molecular weight excluding hydrogens is 234 g/mol. The topological polar surface area (TPSA) is 29.9 Å². The van der Waals surface area contributed by atoms with E-state index in [9.17, 15) is 0 Å². The van der Waals surface area contributed by atoms with Crippen LogP contribution in [0.5, 0.6) is 0 Å². The van der Waals surface area contributed by atoms with Crippen molar-refractivity contribution < 1.29 is 0 Å². The Morgan fingerprint density at radius 1 is 1.26 bits per heavy atom. The standard InChI is InChI=1S/C16H31N3/c1-6-11-17-16(13(2)3)9-7-8-15-10-12-19(18-15)14(4)5/h10,12-14,16-17H,6-9,11H2,1-5H3. The van der Waals surface area contributed by atoms with Crippen molar-refractivity contribution in [3.05, 3.63) is 18.0 Å². The number of nitrogens with one attached hydrogen (secondary N) is 1. The summed E-state index contributed by atoms with van der Waals surface area (Å²) in [7, 11) is 0. The van der Waals surface area contributed by atoms with Crippen LogP contribution >= 0.6 is 0 Å². The molecule has 1 atom stereocenters. The fourth-order valence-electron chi connectivity index (χ4n) is 2.30. The van der Waals surface area contributed by atoms with Crippen LogP contribution in [0.1, 0.15) is 65.6 Å². The summed E-state index contributed by atoms with van der Waals surface area (Å²) in [5.74, 6) is 0.708. The highest BCUT2D eigenvalue weighted by Gasteiger charge is 2.12. The van der Waals surface area contributed by atoms with Crippen molar-refractivity contribution in [3.8, 4) is 0 Å². The van der Waals surface area contributed by atoms with E-state index < -0.39 is 0 Å². The molecule has 0 fully saturated rings. The largest absolute Gasteiger partial charge is 0.314 e. The van der Waals surface area contributed by atoms with Crippen molar-refractivity contribution >= 4 is 0 Å². The van der Waals surface area contributed by atoms with Gasteiger partial charge in [-0.3, -0.25) is 4.68 Å². The van der Waals surface area contributed by atoms with Gasteiger partial charge in [-0.1, -0.05) is 20.8 Å². The molecule has 0 aliphatic heterocycles. The summed E-state index contributed by atoms with van der Waals surface area (Å²) < 4.78 is 2.05. The van der Waals surface area contributed by atoms with Crippen LogP contribution in [0.25, 0.3) is 0 Å². The molecule has 0 radical (unpaired) electrons. The number of hydrogen-bond donors (Lipinski definition) is 1. The van der Waals surface area contributed by atoms with Crippen LogP contribution in [-0.2, 0) is 6.42 Å². The van der Waals surface area contributed by atoms with Crippen LogP contribution in [-0.4, -0.2) is 22.4 Å². The Labute approximate surface area is 118 Å². The van der Waals surface area contributed by atoms with E-state index in [1.54, 1.807) is 0 Å². The summed E-state index contributed by atoms with van der Waals surface area (Å²) in [6.45, 7) is 12.3. The Balaban J connectivity index is 2.34. The Bertz CT molecular complexity index is 342. The second-order valence-corrected chi connectivity index (χ2v) is 6.08. The van der Waals surface area contributed by atoms with Crippen molar-refractivity contribution in [1.82, 2.24) is 15.1 Å². The van der Waals surface area contributed by atoms with Gasteiger partial charge in [0.25, 0.3) is 0 Å². The molecule has 1 aromatic rings. The van der Waals surface area contributed by atoms with Crippen molar-refractivity contribution in [3.63, 3.8) is 0 Å². The maximum Gasteiger partial charge on any atom is 0.0624 e. The van der Waals surface area contributed by atoms with E-state index in [2.05, 4.69) is 57.3 Å².